The lowest BCUT2D eigenvalue weighted by molar-refractivity contribution is 0.466. The van der Waals surface area contributed by atoms with Gasteiger partial charge < -0.3 is 0 Å². The zero-order chi connectivity index (χ0) is 15.6. The first-order valence-electron chi connectivity index (χ1n) is 6.58. The van der Waals surface area contributed by atoms with Gasteiger partial charge in [-0.2, -0.15) is 4.31 Å². The summed E-state index contributed by atoms with van der Waals surface area (Å²) in [4.78, 5) is 0.300. The number of benzene rings is 2. The minimum atomic E-state index is -3.49. The highest BCUT2D eigenvalue weighted by Gasteiger charge is 2.20. The van der Waals surface area contributed by atoms with Crippen LogP contribution in [0.2, 0.25) is 5.02 Å². The maximum absolute atomic E-state index is 12.5. The van der Waals surface area contributed by atoms with Crippen molar-refractivity contribution in [1.29, 1.82) is 0 Å². The number of nitrogens with zero attached hydrogens (tertiary/aromatic N) is 1. The number of hydrogen-bond donors (Lipinski definition) is 0. The van der Waals surface area contributed by atoms with Gasteiger partial charge in [0.1, 0.15) is 0 Å². The summed E-state index contributed by atoms with van der Waals surface area (Å²) in [6.45, 7) is 4.15. The minimum Gasteiger partial charge on any atom is -0.207 e. The summed E-state index contributed by atoms with van der Waals surface area (Å²) in [6.07, 6.45) is 0. The Bertz CT molecular complexity index is 719. The van der Waals surface area contributed by atoms with Crippen molar-refractivity contribution in [2.45, 2.75) is 25.3 Å². The molecule has 0 aliphatic heterocycles. The van der Waals surface area contributed by atoms with Crippen LogP contribution in [0.15, 0.2) is 47.4 Å². The topological polar surface area (TPSA) is 37.4 Å². The highest BCUT2D eigenvalue weighted by Crippen LogP contribution is 2.20. The predicted octanol–water partition coefficient (Wildman–Crippen LogP) is 3.78. The normalized spacial score (nSPS) is 11.9. The zero-order valence-electron chi connectivity index (χ0n) is 12.3. The minimum absolute atomic E-state index is 0.289. The van der Waals surface area contributed by atoms with E-state index in [1.165, 1.54) is 4.31 Å². The number of rotatable bonds is 4. The smallest absolute Gasteiger partial charge is 0.207 e. The van der Waals surface area contributed by atoms with Gasteiger partial charge in [0, 0.05) is 18.6 Å². The molecule has 3 nitrogen and oxygen atoms in total. The van der Waals surface area contributed by atoms with Crippen LogP contribution in [-0.4, -0.2) is 19.8 Å². The van der Waals surface area contributed by atoms with Gasteiger partial charge in [0.2, 0.25) is 10.0 Å². The molecule has 2 rings (SSSR count). The van der Waals surface area contributed by atoms with E-state index in [-0.39, 0.29) is 6.54 Å². The highest BCUT2D eigenvalue weighted by atomic mass is 35.5. The van der Waals surface area contributed by atoms with Crippen molar-refractivity contribution in [3.05, 3.63) is 64.2 Å². The second kappa shape index (κ2) is 6.18. The van der Waals surface area contributed by atoms with Gasteiger partial charge in [-0.1, -0.05) is 35.4 Å². The van der Waals surface area contributed by atoms with Gasteiger partial charge in [0.25, 0.3) is 0 Å². The molecular weight excluding hydrogens is 306 g/mol. The summed E-state index contributed by atoms with van der Waals surface area (Å²) >= 11 is 6.01. The molecule has 2 aromatic carbocycles. The van der Waals surface area contributed by atoms with Crippen LogP contribution in [0.4, 0.5) is 0 Å². The Kier molecular flexibility index (Phi) is 4.71. The average Bonchev–Trinajstić information content (AvgIpc) is 2.37. The van der Waals surface area contributed by atoms with Crippen molar-refractivity contribution in [1.82, 2.24) is 4.31 Å². The number of hydrogen-bond acceptors (Lipinski definition) is 2. The predicted molar refractivity (Wildman–Crippen MR) is 86.0 cm³/mol. The van der Waals surface area contributed by atoms with Crippen LogP contribution in [0.25, 0.3) is 0 Å². The Morgan fingerprint density at radius 1 is 1.00 bits per heavy atom. The van der Waals surface area contributed by atoms with Gasteiger partial charge in [0.05, 0.1) is 4.90 Å². The molecule has 0 fully saturated rings. The molecule has 0 bridgehead atoms. The quantitative estimate of drug-likeness (QED) is 0.858. The summed E-state index contributed by atoms with van der Waals surface area (Å²) in [5.41, 5.74) is 2.92. The Labute approximate surface area is 131 Å². The molecule has 0 atom stereocenters. The summed E-state index contributed by atoms with van der Waals surface area (Å²) in [7, 11) is -1.91. The van der Waals surface area contributed by atoms with E-state index < -0.39 is 10.0 Å². The summed E-state index contributed by atoms with van der Waals surface area (Å²) < 4.78 is 26.4. The molecule has 0 aromatic heterocycles. The van der Waals surface area contributed by atoms with E-state index in [0.29, 0.717) is 9.92 Å². The van der Waals surface area contributed by atoms with Crippen LogP contribution < -0.4 is 0 Å². The first-order chi connectivity index (χ1) is 9.79. The van der Waals surface area contributed by atoms with Crippen LogP contribution >= 0.6 is 11.6 Å². The summed E-state index contributed by atoms with van der Waals surface area (Å²) in [5.74, 6) is 0. The molecule has 0 saturated heterocycles. The third-order valence-electron chi connectivity index (χ3n) is 3.24. The van der Waals surface area contributed by atoms with Crippen LogP contribution in [0, 0.1) is 13.8 Å². The van der Waals surface area contributed by atoms with E-state index in [0.717, 1.165) is 16.7 Å². The number of halogens is 1. The fourth-order valence-corrected chi connectivity index (χ4v) is 3.61. The molecule has 2 aromatic rings. The third kappa shape index (κ3) is 3.84. The largest absolute Gasteiger partial charge is 0.243 e. The van der Waals surface area contributed by atoms with E-state index in [9.17, 15) is 8.42 Å². The number of sulfonamides is 1. The first kappa shape index (κ1) is 16.0. The highest BCUT2D eigenvalue weighted by molar-refractivity contribution is 7.89. The summed E-state index contributed by atoms with van der Waals surface area (Å²) in [6, 6.07) is 12.4. The second-order valence-electron chi connectivity index (χ2n) is 5.21. The molecule has 0 spiro atoms. The fraction of sp³-hybridized carbons (Fsp3) is 0.250. The van der Waals surface area contributed by atoms with Crippen LogP contribution in [0.3, 0.4) is 0 Å². The first-order valence-corrected chi connectivity index (χ1v) is 8.40. The van der Waals surface area contributed by atoms with Gasteiger partial charge in [-0.05, 0) is 49.2 Å². The SMILES string of the molecule is Cc1ccc(S(=O)(=O)N(C)Cc2cc(C)cc(Cl)c2)cc1. The van der Waals surface area contributed by atoms with E-state index in [2.05, 4.69) is 0 Å². The van der Waals surface area contributed by atoms with E-state index in [1.807, 2.05) is 26.0 Å². The summed E-state index contributed by atoms with van der Waals surface area (Å²) in [5, 5.41) is 0.617. The van der Waals surface area contributed by atoms with Crippen molar-refractivity contribution < 1.29 is 8.42 Å². The molecule has 0 unspecified atom stereocenters. The van der Waals surface area contributed by atoms with E-state index >= 15 is 0 Å². The van der Waals surface area contributed by atoms with Gasteiger partial charge in [-0.3, -0.25) is 0 Å². The molecule has 0 aliphatic rings. The average molecular weight is 324 g/mol. The van der Waals surface area contributed by atoms with Crippen molar-refractivity contribution >= 4 is 21.6 Å². The Hall–Kier alpha value is -1.36. The third-order valence-corrected chi connectivity index (χ3v) is 5.27. The van der Waals surface area contributed by atoms with Gasteiger partial charge in [-0.25, -0.2) is 8.42 Å². The standard InChI is InChI=1S/C16H18ClNO2S/c1-12-4-6-16(7-5-12)21(19,20)18(3)11-14-8-13(2)9-15(17)10-14/h4-10H,11H2,1-3H3. The molecule has 5 heteroatoms. The molecular formula is C16H18ClNO2S. The molecule has 21 heavy (non-hydrogen) atoms. The molecule has 0 amide bonds. The van der Waals surface area contributed by atoms with Crippen molar-refractivity contribution in [3.63, 3.8) is 0 Å². The van der Waals surface area contributed by atoms with Crippen molar-refractivity contribution in [3.8, 4) is 0 Å². The van der Waals surface area contributed by atoms with Crippen LogP contribution in [0.1, 0.15) is 16.7 Å². The monoisotopic (exact) mass is 323 g/mol. The lowest BCUT2D eigenvalue weighted by atomic mass is 10.1. The van der Waals surface area contributed by atoms with Gasteiger partial charge in [0.15, 0.2) is 0 Å². The lowest BCUT2D eigenvalue weighted by Crippen LogP contribution is -2.26. The Morgan fingerprint density at radius 3 is 2.19 bits per heavy atom. The zero-order valence-corrected chi connectivity index (χ0v) is 13.9. The van der Waals surface area contributed by atoms with Gasteiger partial charge in [-0.15, -0.1) is 0 Å². The van der Waals surface area contributed by atoms with E-state index in [4.69, 9.17) is 11.6 Å². The second-order valence-corrected chi connectivity index (χ2v) is 7.69. The maximum Gasteiger partial charge on any atom is 0.243 e. The number of aryl methyl sites for hydroxylation is 2. The van der Waals surface area contributed by atoms with Crippen LogP contribution in [0.5, 0.6) is 0 Å². The van der Waals surface area contributed by atoms with Gasteiger partial charge >= 0.3 is 0 Å². The van der Waals surface area contributed by atoms with Crippen molar-refractivity contribution in [2.24, 2.45) is 0 Å². The Morgan fingerprint density at radius 2 is 1.62 bits per heavy atom. The van der Waals surface area contributed by atoms with Crippen LogP contribution in [-0.2, 0) is 16.6 Å². The molecule has 0 saturated carbocycles. The molecule has 0 aliphatic carbocycles. The Balaban J connectivity index is 2.26. The molecule has 112 valence electrons. The van der Waals surface area contributed by atoms with E-state index in [1.54, 1.807) is 37.4 Å². The maximum atomic E-state index is 12.5. The molecule has 0 N–H and O–H groups in total. The molecule has 0 heterocycles. The van der Waals surface area contributed by atoms with Crippen molar-refractivity contribution in [2.75, 3.05) is 7.05 Å². The fourth-order valence-electron chi connectivity index (χ4n) is 2.14. The lowest BCUT2D eigenvalue weighted by Gasteiger charge is -2.18. The molecule has 0 radical (unpaired) electrons.